The first-order valence-corrected chi connectivity index (χ1v) is 8.26. The lowest BCUT2D eigenvalue weighted by Gasteiger charge is -2.31. The fourth-order valence-electron chi connectivity index (χ4n) is 2.66. The monoisotopic (exact) mass is 373 g/mol. The van der Waals surface area contributed by atoms with E-state index in [-0.39, 0.29) is 0 Å². The number of carbonyl (C=O) groups is 3. The molecule has 2 aromatic rings. The first-order chi connectivity index (χ1) is 12.5. The number of urea groups is 1. The van der Waals surface area contributed by atoms with Gasteiger partial charge < -0.3 is 9.73 Å². The van der Waals surface area contributed by atoms with Crippen molar-refractivity contribution in [3.05, 3.63) is 65.2 Å². The number of nitrogens with one attached hydrogen (secondary N) is 2. The first-order valence-electron chi connectivity index (χ1n) is 7.88. The van der Waals surface area contributed by atoms with E-state index in [4.69, 9.17) is 16.0 Å². The molecule has 2 heterocycles. The number of imide groups is 2. The third-order valence-corrected chi connectivity index (χ3v) is 4.17. The van der Waals surface area contributed by atoms with E-state index in [9.17, 15) is 14.4 Å². The van der Waals surface area contributed by atoms with Gasteiger partial charge in [-0.3, -0.25) is 14.9 Å². The maximum atomic E-state index is 12.9. The fourth-order valence-corrected chi connectivity index (χ4v) is 2.78. The fraction of sp³-hybridized carbons (Fsp3) is 0.167. The Bertz CT molecular complexity index is 859. The average Bonchev–Trinajstić information content (AvgIpc) is 3.12. The van der Waals surface area contributed by atoms with Crippen molar-refractivity contribution in [3.63, 3.8) is 0 Å². The largest absolute Gasteiger partial charge is 0.467 e. The lowest BCUT2D eigenvalue weighted by Crippen LogP contribution is -2.59. The van der Waals surface area contributed by atoms with Crippen molar-refractivity contribution in [3.8, 4) is 0 Å². The predicted octanol–water partition coefficient (Wildman–Crippen LogP) is 2.83. The van der Waals surface area contributed by atoms with Gasteiger partial charge in [0.2, 0.25) is 5.91 Å². The number of allylic oxidation sites excluding steroid dienone is 1. The molecule has 4 amide bonds. The molecule has 0 bridgehead atoms. The minimum atomic E-state index is -1.16. The summed E-state index contributed by atoms with van der Waals surface area (Å²) < 4.78 is 5.24. The molecular formula is C18H16ClN3O4. The molecule has 1 aromatic heterocycles. The molecule has 1 unspecified atom stereocenters. The van der Waals surface area contributed by atoms with Crippen LogP contribution in [0.5, 0.6) is 0 Å². The summed E-state index contributed by atoms with van der Waals surface area (Å²) in [5, 5.41) is 5.72. The van der Waals surface area contributed by atoms with Crippen LogP contribution < -0.4 is 15.5 Å². The van der Waals surface area contributed by atoms with Gasteiger partial charge in [0.15, 0.2) is 5.92 Å². The molecule has 0 saturated carbocycles. The van der Waals surface area contributed by atoms with Crippen LogP contribution in [-0.4, -0.2) is 17.8 Å². The molecule has 0 radical (unpaired) electrons. The van der Waals surface area contributed by atoms with Gasteiger partial charge in [-0.05, 0) is 43.3 Å². The molecule has 0 spiro atoms. The van der Waals surface area contributed by atoms with E-state index in [0.717, 1.165) is 4.90 Å². The average molecular weight is 374 g/mol. The lowest BCUT2D eigenvalue weighted by molar-refractivity contribution is -0.132. The van der Waals surface area contributed by atoms with Crippen molar-refractivity contribution < 1.29 is 18.8 Å². The highest BCUT2D eigenvalue weighted by atomic mass is 35.5. The molecule has 8 heteroatoms. The second-order valence-electron chi connectivity index (χ2n) is 5.55. The van der Waals surface area contributed by atoms with Gasteiger partial charge >= 0.3 is 6.03 Å². The van der Waals surface area contributed by atoms with Crippen LogP contribution >= 0.6 is 11.6 Å². The molecule has 3 rings (SSSR count). The van der Waals surface area contributed by atoms with E-state index in [2.05, 4.69) is 10.6 Å². The van der Waals surface area contributed by atoms with Gasteiger partial charge in [-0.1, -0.05) is 17.7 Å². The molecule has 0 aliphatic carbocycles. The van der Waals surface area contributed by atoms with Crippen LogP contribution in [0.3, 0.4) is 0 Å². The number of furan rings is 1. The topological polar surface area (TPSA) is 91.7 Å². The Morgan fingerprint density at radius 1 is 1.27 bits per heavy atom. The molecule has 26 heavy (non-hydrogen) atoms. The Labute approximate surface area is 154 Å². The molecule has 1 aliphatic heterocycles. The highest BCUT2D eigenvalue weighted by molar-refractivity contribution is 6.31. The number of amides is 4. The third kappa shape index (κ3) is 3.48. The summed E-state index contributed by atoms with van der Waals surface area (Å²) in [7, 11) is 0. The van der Waals surface area contributed by atoms with E-state index in [1.165, 1.54) is 18.4 Å². The number of nitrogens with zero attached hydrogens (tertiary/aromatic N) is 1. The van der Waals surface area contributed by atoms with Gasteiger partial charge in [-0.25, -0.2) is 9.69 Å². The van der Waals surface area contributed by atoms with Crippen LogP contribution in [0.25, 0.3) is 0 Å². The van der Waals surface area contributed by atoms with Crippen LogP contribution in [0, 0.1) is 5.92 Å². The predicted molar refractivity (Wildman–Crippen MR) is 95.3 cm³/mol. The van der Waals surface area contributed by atoms with Crippen molar-refractivity contribution in [2.45, 2.75) is 13.5 Å². The van der Waals surface area contributed by atoms with Crippen molar-refractivity contribution in [1.29, 1.82) is 0 Å². The zero-order valence-electron chi connectivity index (χ0n) is 13.9. The summed E-state index contributed by atoms with van der Waals surface area (Å²) in [5.74, 6) is -1.83. The molecule has 7 nitrogen and oxygen atoms in total. The van der Waals surface area contributed by atoms with E-state index < -0.39 is 23.8 Å². The van der Waals surface area contributed by atoms with Crippen molar-refractivity contribution >= 4 is 35.1 Å². The van der Waals surface area contributed by atoms with Gasteiger partial charge in [0.25, 0.3) is 5.91 Å². The van der Waals surface area contributed by atoms with Crippen molar-refractivity contribution in [2.24, 2.45) is 5.92 Å². The Balaban J connectivity index is 1.85. The Hall–Kier alpha value is -3.06. The van der Waals surface area contributed by atoms with Crippen LogP contribution in [0.4, 0.5) is 10.5 Å². The van der Waals surface area contributed by atoms with Crippen LogP contribution in [0.15, 0.2) is 58.9 Å². The van der Waals surface area contributed by atoms with Gasteiger partial charge in [0, 0.05) is 10.7 Å². The summed E-state index contributed by atoms with van der Waals surface area (Å²) in [4.78, 5) is 38.3. The van der Waals surface area contributed by atoms with Gasteiger partial charge in [0.05, 0.1) is 18.5 Å². The van der Waals surface area contributed by atoms with Gasteiger partial charge in [0.1, 0.15) is 5.76 Å². The van der Waals surface area contributed by atoms with Gasteiger partial charge in [-0.15, -0.1) is 0 Å². The van der Waals surface area contributed by atoms with E-state index in [1.54, 1.807) is 37.3 Å². The smallest absolute Gasteiger partial charge is 0.335 e. The second-order valence-corrected chi connectivity index (χ2v) is 5.99. The number of anilines is 1. The Morgan fingerprint density at radius 2 is 2.00 bits per heavy atom. The maximum absolute atomic E-state index is 12.9. The van der Waals surface area contributed by atoms with Crippen LogP contribution in [0.1, 0.15) is 12.7 Å². The number of barbiturate groups is 1. The number of benzene rings is 1. The minimum absolute atomic E-state index is 0.304. The van der Waals surface area contributed by atoms with Crippen LogP contribution in [-0.2, 0) is 16.1 Å². The van der Waals surface area contributed by atoms with Gasteiger partial charge in [-0.2, -0.15) is 0 Å². The zero-order chi connectivity index (χ0) is 18.7. The zero-order valence-corrected chi connectivity index (χ0v) is 14.6. The highest BCUT2D eigenvalue weighted by Gasteiger charge is 2.43. The maximum Gasteiger partial charge on any atom is 0.335 e. The van der Waals surface area contributed by atoms with E-state index in [0.29, 0.717) is 28.7 Å². The minimum Gasteiger partial charge on any atom is -0.467 e. The standard InChI is InChI=1S/C18H16ClN3O4/c1-2-14(20-10-13-4-3-9-26-13)15-16(23)21-18(25)22(17(15)24)12-7-5-11(19)6-8-12/h2-9,15,20H,10H2,1H3,(H,21,23,25). The third-order valence-electron chi connectivity index (χ3n) is 3.92. The highest BCUT2D eigenvalue weighted by Crippen LogP contribution is 2.25. The lowest BCUT2D eigenvalue weighted by atomic mass is 9.99. The quantitative estimate of drug-likeness (QED) is 0.786. The molecule has 1 saturated heterocycles. The molecule has 2 N–H and O–H groups in total. The molecule has 1 aromatic carbocycles. The molecular weight excluding hydrogens is 358 g/mol. The summed E-state index contributed by atoms with van der Waals surface area (Å²) in [6.45, 7) is 2.01. The Morgan fingerprint density at radius 3 is 2.62 bits per heavy atom. The number of carbonyl (C=O) groups excluding carboxylic acids is 3. The van der Waals surface area contributed by atoms with Crippen molar-refractivity contribution in [2.75, 3.05) is 4.90 Å². The van der Waals surface area contributed by atoms with E-state index >= 15 is 0 Å². The summed E-state index contributed by atoms with van der Waals surface area (Å²) in [5.41, 5.74) is 0.714. The number of hydrogen-bond acceptors (Lipinski definition) is 5. The summed E-state index contributed by atoms with van der Waals surface area (Å²) >= 11 is 5.85. The summed E-state index contributed by atoms with van der Waals surface area (Å²) in [6, 6.07) is 8.93. The number of hydrogen-bond donors (Lipinski definition) is 2. The number of rotatable bonds is 5. The number of halogens is 1. The molecule has 1 aliphatic rings. The Kier molecular flexibility index (Phi) is 5.09. The molecule has 1 fully saturated rings. The SMILES string of the molecule is CC=C(NCc1ccco1)C1C(=O)NC(=O)N(c2ccc(Cl)cc2)C1=O. The second kappa shape index (κ2) is 7.45. The molecule has 134 valence electrons. The van der Waals surface area contributed by atoms with Crippen LogP contribution in [0.2, 0.25) is 5.02 Å². The first kappa shape index (κ1) is 17.8. The summed E-state index contributed by atoms with van der Waals surface area (Å²) in [6.07, 6.45) is 3.16. The van der Waals surface area contributed by atoms with Crippen molar-refractivity contribution in [1.82, 2.24) is 10.6 Å². The normalized spacial score (nSPS) is 18.1. The molecule has 1 atom stereocenters. The van der Waals surface area contributed by atoms with E-state index in [1.807, 2.05) is 0 Å².